The second-order valence-corrected chi connectivity index (χ2v) is 5.97. The van der Waals surface area contributed by atoms with Gasteiger partial charge in [0.05, 0.1) is 0 Å². The van der Waals surface area contributed by atoms with Crippen LogP contribution in [0, 0.1) is 6.92 Å². The first kappa shape index (κ1) is 11.9. The average molecular weight is 254 g/mol. The average Bonchev–Trinajstić information content (AvgIpc) is 3.23. The summed E-state index contributed by atoms with van der Waals surface area (Å²) in [6, 6.07) is 15.8. The molecule has 2 aromatic rings. The highest BCUT2D eigenvalue weighted by Gasteiger charge is 2.26. The molecule has 0 radical (unpaired) electrons. The smallest absolute Gasteiger partial charge is 0.00724 e. The third kappa shape index (κ3) is 2.32. The maximum atomic E-state index is 2.39. The minimum Gasteiger partial charge on any atom is -0.130 e. The van der Waals surface area contributed by atoms with E-state index in [1.165, 1.54) is 34.4 Å². The number of benzene rings is 2. The molecule has 0 bridgehead atoms. The van der Waals surface area contributed by atoms with Crippen LogP contribution in [0.1, 0.15) is 29.9 Å². The number of hydrogen-bond donors (Lipinski definition) is 0. The number of hydrogen-bond acceptors (Lipinski definition) is 1. The third-order valence-electron chi connectivity index (χ3n) is 3.64. The highest BCUT2D eigenvalue weighted by Crippen LogP contribution is 2.45. The van der Waals surface area contributed by atoms with Crippen LogP contribution in [-0.4, -0.2) is 6.26 Å². The fourth-order valence-corrected chi connectivity index (χ4v) is 2.84. The van der Waals surface area contributed by atoms with E-state index in [2.05, 4.69) is 55.6 Å². The Bertz CT molecular complexity index is 550. The summed E-state index contributed by atoms with van der Waals surface area (Å²) in [5, 5.41) is 0. The van der Waals surface area contributed by atoms with Crippen molar-refractivity contribution in [1.29, 1.82) is 0 Å². The van der Waals surface area contributed by atoms with Crippen LogP contribution >= 0.6 is 11.8 Å². The van der Waals surface area contributed by atoms with Gasteiger partial charge in [-0.3, -0.25) is 0 Å². The second kappa shape index (κ2) is 4.81. The van der Waals surface area contributed by atoms with Gasteiger partial charge in [-0.25, -0.2) is 0 Å². The molecule has 0 atom stereocenters. The van der Waals surface area contributed by atoms with Crippen molar-refractivity contribution in [2.75, 3.05) is 6.26 Å². The molecule has 0 nitrogen and oxygen atoms in total. The van der Waals surface area contributed by atoms with Crippen LogP contribution in [-0.2, 0) is 0 Å². The number of thioether (sulfide) groups is 1. The minimum atomic E-state index is 0.799. The summed E-state index contributed by atoms with van der Waals surface area (Å²) >= 11 is 1.83. The van der Waals surface area contributed by atoms with Gasteiger partial charge in [-0.15, -0.1) is 11.8 Å². The van der Waals surface area contributed by atoms with Crippen LogP contribution in [0.4, 0.5) is 0 Å². The van der Waals surface area contributed by atoms with Crippen LogP contribution in [0.15, 0.2) is 47.4 Å². The molecule has 1 fully saturated rings. The van der Waals surface area contributed by atoms with Gasteiger partial charge in [0, 0.05) is 4.90 Å². The first-order valence-corrected chi connectivity index (χ1v) is 7.75. The van der Waals surface area contributed by atoms with E-state index < -0.39 is 0 Å². The summed E-state index contributed by atoms with van der Waals surface area (Å²) in [6.07, 6.45) is 4.87. The summed E-state index contributed by atoms with van der Waals surface area (Å²) in [5.41, 5.74) is 5.66. The number of rotatable bonds is 3. The molecule has 1 aliphatic rings. The molecule has 1 heteroatoms. The van der Waals surface area contributed by atoms with Crippen LogP contribution in [0.2, 0.25) is 0 Å². The van der Waals surface area contributed by atoms with Crippen LogP contribution in [0.3, 0.4) is 0 Å². The lowest BCUT2D eigenvalue weighted by Crippen LogP contribution is -1.88. The molecule has 3 rings (SSSR count). The molecule has 18 heavy (non-hydrogen) atoms. The predicted molar refractivity (Wildman–Crippen MR) is 80.4 cm³/mol. The summed E-state index contributed by atoms with van der Waals surface area (Å²) in [5.74, 6) is 0.799. The van der Waals surface area contributed by atoms with Crippen molar-refractivity contribution in [2.24, 2.45) is 0 Å². The molecule has 92 valence electrons. The standard InChI is InChI=1S/C17H18S/c1-12-3-5-13(6-4-12)16-10-9-15(18-2)11-17(16)14-7-8-14/h3-6,9-11,14H,7-8H2,1-2H3. The van der Waals surface area contributed by atoms with Gasteiger partial charge in [0.2, 0.25) is 0 Å². The summed E-state index contributed by atoms with van der Waals surface area (Å²) in [7, 11) is 0. The molecule has 0 amide bonds. The lowest BCUT2D eigenvalue weighted by molar-refractivity contribution is 1.12. The van der Waals surface area contributed by atoms with Crippen LogP contribution < -0.4 is 0 Å². The minimum absolute atomic E-state index is 0.799. The molecule has 0 N–H and O–H groups in total. The van der Waals surface area contributed by atoms with E-state index in [1.807, 2.05) is 11.8 Å². The van der Waals surface area contributed by atoms with Crippen molar-refractivity contribution in [3.8, 4) is 11.1 Å². The topological polar surface area (TPSA) is 0 Å². The fraction of sp³-hybridized carbons (Fsp3) is 0.294. The Labute approximate surface area is 113 Å². The Morgan fingerprint density at radius 1 is 1.00 bits per heavy atom. The zero-order chi connectivity index (χ0) is 12.5. The van der Waals surface area contributed by atoms with Gasteiger partial charge in [0.15, 0.2) is 0 Å². The second-order valence-electron chi connectivity index (χ2n) is 5.09. The molecule has 2 aromatic carbocycles. The summed E-state index contributed by atoms with van der Waals surface area (Å²) < 4.78 is 0. The molecule has 0 heterocycles. The van der Waals surface area contributed by atoms with E-state index >= 15 is 0 Å². The largest absolute Gasteiger partial charge is 0.130 e. The summed E-state index contributed by atoms with van der Waals surface area (Å²) in [6.45, 7) is 2.14. The molecule has 1 saturated carbocycles. The van der Waals surface area contributed by atoms with E-state index in [0.29, 0.717) is 0 Å². The molecule has 0 aliphatic heterocycles. The first-order chi connectivity index (χ1) is 8.78. The maximum Gasteiger partial charge on any atom is 0.00724 e. The van der Waals surface area contributed by atoms with Crippen molar-refractivity contribution >= 4 is 11.8 Å². The highest BCUT2D eigenvalue weighted by atomic mass is 32.2. The molecule has 1 aliphatic carbocycles. The monoisotopic (exact) mass is 254 g/mol. The third-order valence-corrected chi connectivity index (χ3v) is 4.36. The van der Waals surface area contributed by atoms with Crippen molar-refractivity contribution in [3.05, 3.63) is 53.6 Å². The van der Waals surface area contributed by atoms with Crippen molar-refractivity contribution in [1.82, 2.24) is 0 Å². The Hall–Kier alpha value is -1.21. The maximum absolute atomic E-state index is 2.39. The lowest BCUT2D eigenvalue weighted by Gasteiger charge is -2.11. The van der Waals surface area contributed by atoms with Crippen LogP contribution in [0.5, 0.6) is 0 Å². The lowest BCUT2D eigenvalue weighted by atomic mass is 9.96. The van der Waals surface area contributed by atoms with Crippen molar-refractivity contribution in [3.63, 3.8) is 0 Å². The zero-order valence-corrected chi connectivity index (χ0v) is 11.8. The molecular weight excluding hydrogens is 236 g/mol. The number of aryl methyl sites for hydroxylation is 1. The quantitative estimate of drug-likeness (QED) is 0.673. The Morgan fingerprint density at radius 3 is 2.33 bits per heavy atom. The Morgan fingerprint density at radius 2 is 1.72 bits per heavy atom. The van der Waals surface area contributed by atoms with Gasteiger partial charge >= 0.3 is 0 Å². The molecule has 0 unspecified atom stereocenters. The normalized spacial score (nSPS) is 14.8. The predicted octanol–water partition coefficient (Wildman–Crippen LogP) is 5.26. The van der Waals surface area contributed by atoms with E-state index in [-0.39, 0.29) is 0 Å². The van der Waals surface area contributed by atoms with E-state index in [9.17, 15) is 0 Å². The van der Waals surface area contributed by atoms with E-state index in [4.69, 9.17) is 0 Å². The first-order valence-electron chi connectivity index (χ1n) is 6.53. The van der Waals surface area contributed by atoms with Gasteiger partial charge in [-0.1, -0.05) is 35.9 Å². The summed E-state index contributed by atoms with van der Waals surface area (Å²) in [4.78, 5) is 1.38. The van der Waals surface area contributed by atoms with Gasteiger partial charge in [-0.2, -0.15) is 0 Å². The van der Waals surface area contributed by atoms with Gasteiger partial charge in [0.25, 0.3) is 0 Å². The van der Waals surface area contributed by atoms with E-state index in [1.54, 1.807) is 5.56 Å². The molecular formula is C17H18S. The Balaban J connectivity index is 2.07. The SMILES string of the molecule is CSc1ccc(-c2ccc(C)cc2)c(C2CC2)c1. The Kier molecular flexibility index (Phi) is 3.17. The molecule has 0 aromatic heterocycles. The molecule has 0 spiro atoms. The zero-order valence-electron chi connectivity index (χ0n) is 10.9. The highest BCUT2D eigenvalue weighted by molar-refractivity contribution is 7.98. The molecule has 0 saturated heterocycles. The van der Waals surface area contributed by atoms with Gasteiger partial charge < -0.3 is 0 Å². The van der Waals surface area contributed by atoms with Gasteiger partial charge in [0.1, 0.15) is 0 Å². The van der Waals surface area contributed by atoms with Crippen molar-refractivity contribution < 1.29 is 0 Å². The van der Waals surface area contributed by atoms with Crippen LogP contribution in [0.25, 0.3) is 11.1 Å². The van der Waals surface area contributed by atoms with Crippen molar-refractivity contribution in [2.45, 2.75) is 30.6 Å². The van der Waals surface area contributed by atoms with Gasteiger partial charge in [-0.05, 0) is 60.8 Å². The van der Waals surface area contributed by atoms with E-state index in [0.717, 1.165) is 5.92 Å². The fourth-order valence-electron chi connectivity index (χ4n) is 2.40.